The second-order valence-corrected chi connectivity index (χ2v) is 8.47. The topological polar surface area (TPSA) is 70.1 Å². The van der Waals surface area contributed by atoms with Crippen molar-refractivity contribution in [3.63, 3.8) is 0 Å². The number of carbonyl (C=O) groups is 2. The minimum absolute atomic E-state index is 0.0298. The van der Waals surface area contributed by atoms with Crippen molar-refractivity contribution in [1.29, 1.82) is 0 Å². The summed E-state index contributed by atoms with van der Waals surface area (Å²) in [7, 11) is 1.36. The summed E-state index contributed by atoms with van der Waals surface area (Å²) in [5.74, 6) is -0.177. The fraction of sp³-hybridized carbons (Fsp3) is 0.364. The molecule has 2 aromatic carbocycles. The van der Waals surface area contributed by atoms with Crippen LogP contribution in [0, 0.1) is 0 Å². The smallest absolute Gasteiger partial charge is 0.337 e. The molecule has 2 heterocycles. The van der Waals surface area contributed by atoms with Crippen molar-refractivity contribution in [3.8, 4) is 0 Å². The third kappa shape index (κ3) is 3.82. The summed E-state index contributed by atoms with van der Waals surface area (Å²) >= 11 is 3.46. The minimum Gasteiger partial charge on any atom is -0.465 e. The van der Waals surface area contributed by atoms with Gasteiger partial charge in [0.05, 0.1) is 37.9 Å². The Kier molecular flexibility index (Phi) is 5.72. The number of rotatable bonds is 5. The quantitative estimate of drug-likeness (QED) is 0.696. The standard InChI is InChI=1S/C22H23BrN2O4/c1-29-22(28)16-4-2-14(3-5-16)10-24-11-18-21(15-6-8-17(23)9-7-15)19(13-26)25(18)20(27)12-24/h2-9,18-19,21,26H,10-13H2,1H3/t18-,19+,21+/m1/s1. The van der Waals surface area contributed by atoms with Crippen LogP contribution in [-0.2, 0) is 16.1 Å². The first kappa shape index (κ1) is 20.1. The van der Waals surface area contributed by atoms with Gasteiger partial charge in [-0.15, -0.1) is 0 Å². The highest BCUT2D eigenvalue weighted by Gasteiger charge is 2.53. The van der Waals surface area contributed by atoms with Gasteiger partial charge in [0, 0.05) is 23.5 Å². The molecular weight excluding hydrogens is 436 g/mol. The van der Waals surface area contributed by atoms with E-state index in [-0.39, 0.29) is 36.5 Å². The summed E-state index contributed by atoms with van der Waals surface area (Å²) < 4.78 is 5.74. The number of ether oxygens (including phenoxy) is 1. The zero-order valence-corrected chi connectivity index (χ0v) is 17.7. The number of aliphatic hydroxyl groups excluding tert-OH is 1. The Labute approximate surface area is 178 Å². The Morgan fingerprint density at radius 2 is 1.86 bits per heavy atom. The summed E-state index contributed by atoms with van der Waals surface area (Å²) in [6, 6.07) is 15.3. The Hall–Kier alpha value is -2.22. The molecule has 0 radical (unpaired) electrons. The van der Waals surface area contributed by atoms with Crippen molar-refractivity contribution in [2.24, 2.45) is 0 Å². The van der Waals surface area contributed by atoms with E-state index in [0.717, 1.165) is 22.1 Å². The van der Waals surface area contributed by atoms with Gasteiger partial charge < -0.3 is 14.7 Å². The number of aliphatic hydroxyl groups is 1. The fourth-order valence-electron chi connectivity index (χ4n) is 4.49. The van der Waals surface area contributed by atoms with Crippen LogP contribution in [0.5, 0.6) is 0 Å². The molecule has 29 heavy (non-hydrogen) atoms. The molecule has 2 saturated heterocycles. The van der Waals surface area contributed by atoms with Gasteiger partial charge in [-0.1, -0.05) is 40.2 Å². The van der Waals surface area contributed by atoms with Crippen LogP contribution in [0.15, 0.2) is 53.0 Å². The van der Waals surface area contributed by atoms with Crippen LogP contribution in [0.3, 0.4) is 0 Å². The zero-order chi connectivity index (χ0) is 20.5. The average Bonchev–Trinajstić information content (AvgIpc) is 2.71. The van der Waals surface area contributed by atoms with Crippen LogP contribution in [0.4, 0.5) is 0 Å². The molecule has 0 spiro atoms. The molecule has 3 atom stereocenters. The van der Waals surface area contributed by atoms with Crippen LogP contribution in [-0.4, -0.2) is 65.7 Å². The molecule has 6 nitrogen and oxygen atoms in total. The van der Waals surface area contributed by atoms with Crippen LogP contribution < -0.4 is 0 Å². The summed E-state index contributed by atoms with van der Waals surface area (Å²) in [5, 5.41) is 9.87. The van der Waals surface area contributed by atoms with Crippen LogP contribution in [0.2, 0.25) is 0 Å². The van der Waals surface area contributed by atoms with E-state index in [1.165, 1.54) is 7.11 Å². The molecule has 2 fully saturated rings. The van der Waals surface area contributed by atoms with Crippen LogP contribution >= 0.6 is 15.9 Å². The largest absolute Gasteiger partial charge is 0.465 e. The first-order chi connectivity index (χ1) is 14.0. The van der Waals surface area contributed by atoms with E-state index in [0.29, 0.717) is 18.7 Å². The second kappa shape index (κ2) is 8.26. The van der Waals surface area contributed by atoms with Gasteiger partial charge >= 0.3 is 5.97 Å². The Morgan fingerprint density at radius 3 is 2.48 bits per heavy atom. The number of esters is 1. The number of piperazine rings is 1. The third-order valence-electron chi connectivity index (χ3n) is 5.86. The lowest BCUT2D eigenvalue weighted by atomic mass is 9.74. The molecule has 7 heteroatoms. The number of fused-ring (bicyclic) bond motifs is 1. The molecule has 2 aliphatic rings. The molecular formula is C22H23BrN2O4. The number of carbonyl (C=O) groups excluding carboxylic acids is 2. The van der Waals surface area contributed by atoms with E-state index in [1.807, 2.05) is 29.2 Å². The Morgan fingerprint density at radius 1 is 1.17 bits per heavy atom. The lowest BCUT2D eigenvalue weighted by molar-refractivity contribution is -0.162. The van der Waals surface area contributed by atoms with Crippen molar-refractivity contribution in [1.82, 2.24) is 9.80 Å². The number of halogens is 1. The molecule has 1 amide bonds. The minimum atomic E-state index is -0.359. The van der Waals surface area contributed by atoms with Gasteiger partial charge in [-0.3, -0.25) is 9.69 Å². The number of hydrogen-bond donors (Lipinski definition) is 1. The maximum Gasteiger partial charge on any atom is 0.337 e. The number of nitrogens with zero attached hydrogens (tertiary/aromatic N) is 2. The van der Waals surface area contributed by atoms with Gasteiger partial charge in [-0.05, 0) is 35.4 Å². The van der Waals surface area contributed by atoms with Gasteiger partial charge in [0.2, 0.25) is 5.91 Å². The Balaban J connectivity index is 1.49. The predicted octanol–water partition coefficient (Wildman–Crippen LogP) is 2.41. The molecule has 0 bridgehead atoms. The van der Waals surface area contributed by atoms with Crippen molar-refractivity contribution < 1.29 is 19.4 Å². The molecule has 152 valence electrons. The van der Waals surface area contributed by atoms with Gasteiger partial charge in [0.1, 0.15) is 0 Å². The van der Waals surface area contributed by atoms with Crippen molar-refractivity contribution in [2.45, 2.75) is 24.5 Å². The molecule has 1 N–H and O–H groups in total. The number of benzene rings is 2. The van der Waals surface area contributed by atoms with E-state index < -0.39 is 0 Å². The zero-order valence-electron chi connectivity index (χ0n) is 16.1. The predicted molar refractivity (Wildman–Crippen MR) is 111 cm³/mol. The maximum absolute atomic E-state index is 12.7. The first-order valence-corrected chi connectivity index (χ1v) is 10.4. The number of amides is 1. The Bertz CT molecular complexity index is 900. The van der Waals surface area contributed by atoms with E-state index in [1.54, 1.807) is 12.1 Å². The van der Waals surface area contributed by atoms with Gasteiger partial charge in [-0.2, -0.15) is 0 Å². The number of methoxy groups -OCH3 is 1. The summed E-state index contributed by atoms with van der Waals surface area (Å²) in [4.78, 5) is 28.3. The molecule has 4 rings (SSSR count). The highest BCUT2D eigenvalue weighted by atomic mass is 79.9. The molecule has 0 aliphatic carbocycles. The fourth-order valence-corrected chi connectivity index (χ4v) is 4.76. The van der Waals surface area contributed by atoms with E-state index in [9.17, 15) is 14.7 Å². The highest BCUT2D eigenvalue weighted by molar-refractivity contribution is 9.10. The van der Waals surface area contributed by atoms with Crippen LogP contribution in [0.25, 0.3) is 0 Å². The van der Waals surface area contributed by atoms with E-state index >= 15 is 0 Å². The van der Waals surface area contributed by atoms with Crippen molar-refractivity contribution in [2.75, 3.05) is 26.8 Å². The molecule has 2 aliphatic heterocycles. The SMILES string of the molecule is COC(=O)c1ccc(CN2CC(=O)N3[C@H](C2)[C@H](c2ccc(Br)cc2)[C@@H]3CO)cc1. The van der Waals surface area contributed by atoms with Crippen molar-refractivity contribution in [3.05, 3.63) is 69.7 Å². The highest BCUT2D eigenvalue weighted by Crippen LogP contribution is 2.43. The number of hydrogen-bond acceptors (Lipinski definition) is 5. The van der Waals surface area contributed by atoms with Gasteiger partial charge in [0.25, 0.3) is 0 Å². The molecule has 0 saturated carbocycles. The first-order valence-electron chi connectivity index (χ1n) is 9.59. The molecule has 0 unspecified atom stereocenters. The summed E-state index contributed by atoms with van der Waals surface area (Å²) in [6.07, 6.45) is 0. The summed E-state index contributed by atoms with van der Waals surface area (Å²) in [5.41, 5.74) is 2.69. The normalized spacial score (nSPS) is 24.0. The lowest BCUT2D eigenvalue weighted by Gasteiger charge is -2.59. The molecule has 2 aromatic rings. The van der Waals surface area contributed by atoms with Crippen LogP contribution in [0.1, 0.15) is 27.4 Å². The maximum atomic E-state index is 12.7. The second-order valence-electron chi connectivity index (χ2n) is 7.55. The van der Waals surface area contributed by atoms with E-state index in [2.05, 4.69) is 33.0 Å². The van der Waals surface area contributed by atoms with Gasteiger partial charge in [0.15, 0.2) is 0 Å². The third-order valence-corrected chi connectivity index (χ3v) is 6.39. The average molecular weight is 459 g/mol. The summed E-state index contributed by atoms with van der Waals surface area (Å²) in [6.45, 7) is 1.69. The monoisotopic (exact) mass is 458 g/mol. The molecule has 0 aromatic heterocycles. The van der Waals surface area contributed by atoms with Gasteiger partial charge in [-0.25, -0.2) is 4.79 Å². The lowest BCUT2D eigenvalue weighted by Crippen LogP contribution is -2.72. The van der Waals surface area contributed by atoms with E-state index in [4.69, 9.17) is 4.74 Å². The van der Waals surface area contributed by atoms with Crippen molar-refractivity contribution >= 4 is 27.8 Å².